The Morgan fingerprint density at radius 3 is 2.54 bits per heavy atom. The van der Waals surface area contributed by atoms with Crippen molar-refractivity contribution in [1.82, 2.24) is 15.1 Å². The molecule has 0 saturated heterocycles. The molecular formula is C21H16N4O3. The minimum atomic E-state index is -0.263. The van der Waals surface area contributed by atoms with Gasteiger partial charge in [0.1, 0.15) is 5.75 Å². The number of nitrogens with one attached hydrogen (secondary N) is 1. The lowest BCUT2D eigenvalue weighted by atomic mass is 10.2. The fraction of sp³-hybridized carbons (Fsp3) is 0.0476. The number of pyridine rings is 1. The maximum absolute atomic E-state index is 11.9. The van der Waals surface area contributed by atoms with Crippen molar-refractivity contribution < 1.29 is 14.1 Å². The van der Waals surface area contributed by atoms with Crippen LogP contribution in [0.1, 0.15) is 0 Å². The average molecular weight is 372 g/mol. The van der Waals surface area contributed by atoms with E-state index in [1.54, 1.807) is 48.8 Å². The van der Waals surface area contributed by atoms with E-state index >= 15 is 0 Å². The predicted octanol–water partition coefficient (Wildman–Crippen LogP) is 3.82. The van der Waals surface area contributed by atoms with Crippen LogP contribution in [0.15, 0.2) is 83.6 Å². The van der Waals surface area contributed by atoms with Crippen molar-refractivity contribution in [2.24, 2.45) is 0 Å². The van der Waals surface area contributed by atoms with E-state index in [-0.39, 0.29) is 12.5 Å². The van der Waals surface area contributed by atoms with Gasteiger partial charge < -0.3 is 14.6 Å². The van der Waals surface area contributed by atoms with Gasteiger partial charge in [-0.2, -0.15) is 4.98 Å². The van der Waals surface area contributed by atoms with Crippen LogP contribution in [-0.4, -0.2) is 27.6 Å². The van der Waals surface area contributed by atoms with Crippen molar-refractivity contribution >= 4 is 11.6 Å². The zero-order valence-electron chi connectivity index (χ0n) is 14.8. The molecule has 0 aliphatic rings. The first-order valence-corrected chi connectivity index (χ1v) is 8.60. The fourth-order valence-electron chi connectivity index (χ4n) is 2.52. The Morgan fingerprint density at radius 2 is 1.79 bits per heavy atom. The SMILES string of the molecule is O=C(COc1ccc(-c2nc(-c3ccccc3)no2)cc1)Nc1cccnc1. The van der Waals surface area contributed by atoms with Crippen molar-refractivity contribution in [2.45, 2.75) is 0 Å². The summed E-state index contributed by atoms with van der Waals surface area (Å²) in [4.78, 5) is 20.3. The third kappa shape index (κ3) is 4.21. The fourth-order valence-corrected chi connectivity index (χ4v) is 2.52. The molecule has 2 aromatic heterocycles. The molecule has 4 rings (SSSR count). The molecule has 0 aliphatic heterocycles. The number of hydrogen-bond donors (Lipinski definition) is 1. The Bertz CT molecular complexity index is 1050. The summed E-state index contributed by atoms with van der Waals surface area (Å²) < 4.78 is 10.8. The van der Waals surface area contributed by atoms with Gasteiger partial charge in [-0.1, -0.05) is 35.5 Å². The highest BCUT2D eigenvalue weighted by atomic mass is 16.5. The van der Waals surface area contributed by atoms with Crippen LogP contribution in [-0.2, 0) is 4.79 Å². The van der Waals surface area contributed by atoms with Gasteiger partial charge in [-0.25, -0.2) is 0 Å². The van der Waals surface area contributed by atoms with Crippen LogP contribution in [0, 0.1) is 0 Å². The molecule has 1 N–H and O–H groups in total. The number of benzene rings is 2. The number of amides is 1. The van der Waals surface area contributed by atoms with Gasteiger partial charge >= 0.3 is 0 Å². The number of carbonyl (C=O) groups is 1. The quantitative estimate of drug-likeness (QED) is 0.553. The number of anilines is 1. The van der Waals surface area contributed by atoms with Gasteiger partial charge in [0.25, 0.3) is 11.8 Å². The highest BCUT2D eigenvalue weighted by Gasteiger charge is 2.11. The summed E-state index contributed by atoms with van der Waals surface area (Å²) in [7, 11) is 0. The summed E-state index contributed by atoms with van der Waals surface area (Å²) in [6.07, 6.45) is 3.21. The third-order valence-corrected chi connectivity index (χ3v) is 3.87. The lowest BCUT2D eigenvalue weighted by Crippen LogP contribution is -2.20. The molecule has 4 aromatic rings. The average Bonchev–Trinajstić information content (AvgIpc) is 3.24. The second-order valence-corrected chi connectivity index (χ2v) is 5.89. The molecule has 7 heteroatoms. The van der Waals surface area contributed by atoms with Crippen LogP contribution in [0.4, 0.5) is 5.69 Å². The molecule has 7 nitrogen and oxygen atoms in total. The molecule has 0 aliphatic carbocycles. The van der Waals surface area contributed by atoms with Crippen molar-refractivity contribution in [1.29, 1.82) is 0 Å². The van der Waals surface area contributed by atoms with E-state index in [1.807, 2.05) is 30.3 Å². The highest BCUT2D eigenvalue weighted by molar-refractivity contribution is 5.91. The van der Waals surface area contributed by atoms with Gasteiger partial charge in [-0.3, -0.25) is 9.78 Å². The molecule has 0 unspecified atom stereocenters. The van der Waals surface area contributed by atoms with Crippen LogP contribution in [0.5, 0.6) is 5.75 Å². The topological polar surface area (TPSA) is 90.1 Å². The maximum atomic E-state index is 11.9. The Hall–Kier alpha value is -4.00. The number of rotatable bonds is 6. The Labute approximate surface area is 161 Å². The first-order valence-electron chi connectivity index (χ1n) is 8.60. The molecule has 0 saturated carbocycles. The molecule has 0 radical (unpaired) electrons. The Kier molecular flexibility index (Phi) is 5.06. The minimum Gasteiger partial charge on any atom is -0.484 e. The van der Waals surface area contributed by atoms with Gasteiger partial charge in [0, 0.05) is 17.3 Å². The van der Waals surface area contributed by atoms with Crippen molar-refractivity contribution in [3.05, 3.63) is 79.1 Å². The second-order valence-electron chi connectivity index (χ2n) is 5.89. The number of nitrogens with zero attached hydrogens (tertiary/aromatic N) is 3. The van der Waals surface area contributed by atoms with E-state index in [2.05, 4.69) is 20.4 Å². The molecular weight excluding hydrogens is 356 g/mol. The molecule has 0 atom stereocenters. The molecule has 0 fully saturated rings. The smallest absolute Gasteiger partial charge is 0.262 e. The number of carbonyl (C=O) groups excluding carboxylic acids is 1. The van der Waals surface area contributed by atoms with Crippen LogP contribution in [0.25, 0.3) is 22.8 Å². The van der Waals surface area contributed by atoms with Crippen LogP contribution >= 0.6 is 0 Å². The monoisotopic (exact) mass is 372 g/mol. The number of aromatic nitrogens is 3. The molecule has 0 spiro atoms. The summed E-state index contributed by atoms with van der Waals surface area (Å²) in [5.74, 6) is 1.25. The first kappa shape index (κ1) is 17.4. The summed E-state index contributed by atoms with van der Waals surface area (Å²) in [6, 6.07) is 20.2. The molecule has 0 bridgehead atoms. The lowest BCUT2D eigenvalue weighted by Gasteiger charge is -2.07. The molecule has 28 heavy (non-hydrogen) atoms. The van der Waals surface area contributed by atoms with E-state index in [1.165, 1.54) is 0 Å². The molecule has 2 heterocycles. The van der Waals surface area contributed by atoms with Crippen molar-refractivity contribution in [2.75, 3.05) is 11.9 Å². The van der Waals surface area contributed by atoms with Crippen LogP contribution in [0.3, 0.4) is 0 Å². The van der Waals surface area contributed by atoms with Crippen molar-refractivity contribution in [3.63, 3.8) is 0 Å². The minimum absolute atomic E-state index is 0.104. The highest BCUT2D eigenvalue weighted by Crippen LogP contribution is 2.24. The van der Waals surface area contributed by atoms with Gasteiger partial charge in [0.05, 0.1) is 11.9 Å². The van der Waals surface area contributed by atoms with E-state index in [4.69, 9.17) is 9.26 Å². The van der Waals surface area contributed by atoms with E-state index in [0.717, 1.165) is 11.1 Å². The molecule has 1 amide bonds. The second kappa shape index (κ2) is 8.13. The number of hydrogen-bond acceptors (Lipinski definition) is 6. The van der Waals surface area contributed by atoms with Crippen LogP contribution in [0.2, 0.25) is 0 Å². The third-order valence-electron chi connectivity index (χ3n) is 3.87. The van der Waals surface area contributed by atoms with Crippen LogP contribution < -0.4 is 10.1 Å². The normalized spacial score (nSPS) is 10.4. The molecule has 2 aromatic carbocycles. The summed E-state index contributed by atoms with van der Waals surface area (Å²) in [5.41, 5.74) is 2.27. The summed E-state index contributed by atoms with van der Waals surface area (Å²) in [6.45, 7) is -0.104. The maximum Gasteiger partial charge on any atom is 0.262 e. The summed E-state index contributed by atoms with van der Waals surface area (Å²) >= 11 is 0. The van der Waals surface area contributed by atoms with Crippen molar-refractivity contribution in [3.8, 4) is 28.6 Å². The number of ether oxygens (including phenoxy) is 1. The first-order chi connectivity index (χ1) is 13.8. The lowest BCUT2D eigenvalue weighted by molar-refractivity contribution is -0.118. The molecule has 138 valence electrons. The van der Waals surface area contributed by atoms with Gasteiger partial charge in [0.2, 0.25) is 5.82 Å². The zero-order chi connectivity index (χ0) is 19.2. The van der Waals surface area contributed by atoms with Gasteiger partial charge in [-0.15, -0.1) is 0 Å². The Morgan fingerprint density at radius 1 is 0.964 bits per heavy atom. The van der Waals surface area contributed by atoms with E-state index in [0.29, 0.717) is 23.2 Å². The van der Waals surface area contributed by atoms with Gasteiger partial charge in [0.15, 0.2) is 6.61 Å². The largest absolute Gasteiger partial charge is 0.484 e. The van der Waals surface area contributed by atoms with E-state index in [9.17, 15) is 4.79 Å². The zero-order valence-corrected chi connectivity index (χ0v) is 14.8. The predicted molar refractivity (Wildman–Crippen MR) is 104 cm³/mol. The summed E-state index contributed by atoms with van der Waals surface area (Å²) in [5, 5.41) is 6.72. The Balaban J connectivity index is 1.36. The standard InChI is InChI=1S/C21H16N4O3/c26-19(23-17-7-4-12-22-13-17)14-27-18-10-8-16(9-11-18)21-24-20(25-28-21)15-5-2-1-3-6-15/h1-13H,14H2,(H,23,26). The van der Waals surface area contributed by atoms with Gasteiger partial charge in [-0.05, 0) is 36.4 Å². The van der Waals surface area contributed by atoms with E-state index < -0.39 is 0 Å².